The van der Waals surface area contributed by atoms with E-state index in [1.165, 1.54) is 11.8 Å². The SMILES string of the molecule is CC(C)Cn1c(SCC(=O)NCc2ccc(Cl)cc2)nnc1-c1ccco1. The molecule has 0 saturated carbocycles. The third-order valence-electron chi connectivity index (χ3n) is 3.74. The molecule has 0 saturated heterocycles. The van der Waals surface area contributed by atoms with Gasteiger partial charge in [0.1, 0.15) is 0 Å². The van der Waals surface area contributed by atoms with Crippen molar-refractivity contribution in [2.45, 2.75) is 32.1 Å². The Morgan fingerprint density at radius 2 is 2.04 bits per heavy atom. The average Bonchev–Trinajstić information content (AvgIpc) is 3.29. The summed E-state index contributed by atoms with van der Waals surface area (Å²) in [4.78, 5) is 12.2. The van der Waals surface area contributed by atoms with Crippen LogP contribution in [0.25, 0.3) is 11.6 Å². The summed E-state index contributed by atoms with van der Waals surface area (Å²) in [6.07, 6.45) is 1.61. The number of halogens is 1. The fourth-order valence-electron chi connectivity index (χ4n) is 2.50. The Kier molecular flexibility index (Phi) is 6.58. The number of hydrogen-bond acceptors (Lipinski definition) is 5. The molecule has 1 N–H and O–H groups in total. The van der Waals surface area contributed by atoms with E-state index in [0.717, 1.165) is 12.1 Å². The number of rotatable bonds is 8. The molecule has 2 aromatic heterocycles. The molecule has 2 heterocycles. The molecule has 3 rings (SSSR count). The Bertz CT molecular complexity index is 876. The second-order valence-electron chi connectivity index (χ2n) is 6.48. The third-order valence-corrected chi connectivity index (χ3v) is 4.96. The first-order chi connectivity index (χ1) is 13.0. The fraction of sp³-hybridized carbons (Fsp3) is 0.316. The van der Waals surface area contributed by atoms with Crippen LogP contribution in [-0.2, 0) is 17.9 Å². The van der Waals surface area contributed by atoms with Crippen molar-refractivity contribution in [2.75, 3.05) is 5.75 Å². The summed E-state index contributed by atoms with van der Waals surface area (Å²) in [5.41, 5.74) is 1.00. The molecule has 0 spiro atoms. The van der Waals surface area contributed by atoms with Gasteiger partial charge in [-0.15, -0.1) is 10.2 Å². The van der Waals surface area contributed by atoms with E-state index in [9.17, 15) is 4.79 Å². The van der Waals surface area contributed by atoms with Crippen LogP contribution in [0.3, 0.4) is 0 Å². The van der Waals surface area contributed by atoms with Crippen molar-refractivity contribution in [3.05, 3.63) is 53.2 Å². The maximum atomic E-state index is 12.2. The van der Waals surface area contributed by atoms with Gasteiger partial charge in [-0.2, -0.15) is 0 Å². The van der Waals surface area contributed by atoms with E-state index < -0.39 is 0 Å². The van der Waals surface area contributed by atoms with Crippen LogP contribution in [0, 0.1) is 5.92 Å². The molecule has 0 atom stereocenters. The van der Waals surface area contributed by atoms with Gasteiger partial charge in [-0.1, -0.05) is 49.3 Å². The second-order valence-corrected chi connectivity index (χ2v) is 7.86. The van der Waals surface area contributed by atoms with E-state index in [-0.39, 0.29) is 11.7 Å². The molecule has 0 bridgehead atoms. The highest BCUT2D eigenvalue weighted by molar-refractivity contribution is 7.99. The summed E-state index contributed by atoms with van der Waals surface area (Å²) in [6, 6.07) is 11.1. The summed E-state index contributed by atoms with van der Waals surface area (Å²) >= 11 is 7.24. The second kappa shape index (κ2) is 9.10. The molecule has 6 nitrogen and oxygen atoms in total. The Hall–Kier alpha value is -2.25. The number of hydrogen-bond donors (Lipinski definition) is 1. The van der Waals surface area contributed by atoms with Crippen molar-refractivity contribution in [2.24, 2.45) is 5.92 Å². The largest absolute Gasteiger partial charge is 0.461 e. The van der Waals surface area contributed by atoms with Gasteiger partial charge in [-0.3, -0.25) is 9.36 Å². The molecule has 0 aliphatic rings. The van der Waals surface area contributed by atoms with Gasteiger partial charge < -0.3 is 9.73 Å². The molecule has 27 heavy (non-hydrogen) atoms. The number of amides is 1. The highest BCUT2D eigenvalue weighted by atomic mass is 35.5. The highest BCUT2D eigenvalue weighted by Crippen LogP contribution is 2.25. The summed E-state index contributed by atoms with van der Waals surface area (Å²) in [5, 5.41) is 12.8. The molecule has 3 aromatic rings. The normalized spacial score (nSPS) is 11.1. The summed E-state index contributed by atoms with van der Waals surface area (Å²) in [5.74, 6) is 1.96. The number of carbonyl (C=O) groups excluding carboxylic acids is 1. The average molecular weight is 405 g/mol. The smallest absolute Gasteiger partial charge is 0.230 e. The maximum Gasteiger partial charge on any atom is 0.230 e. The minimum atomic E-state index is -0.0615. The zero-order chi connectivity index (χ0) is 19.2. The zero-order valence-corrected chi connectivity index (χ0v) is 16.8. The lowest BCUT2D eigenvalue weighted by atomic mass is 10.2. The van der Waals surface area contributed by atoms with E-state index in [1.54, 1.807) is 6.26 Å². The van der Waals surface area contributed by atoms with Crippen LogP contribution in [0.4, 0.5) is 0 Å². The molecule has 142 valence electrons. The van der Waals surface area contributed by atoms with Crippen LogP contribution in [0.5, 0.6) is 0 Å². The Morgan fingerprint density at radius 1 is 1.26 bits per heavy atom. The first-order valence-corrected chi connectivity index (χ1v) is 10.0. The van der Waals surface area contributed by atoms with Gasteiger partial charge in [0.15, 0.2) is 16.7 Å². The molecule has 8 heteroatoms. The van der Waals surface area contributed by atoms with Gasteiger partial charge in [-0.25, -0.2) is 0 Å². The predicted octanol–water partition coefficient (Wildman–Crippen LogP) is 4.26. The number of thioether (sulfide) groups is 1. The number of furan rings is 1. The molecular formula is C19H21ClN4O2S. The zero-order valence-electron chi connectivity index (χ0n) is 15.2. The van der Waals surface area contributed by atoms with Crippen molar-refractivity contribution in [1.29, 1.82) is 0 Å². The van der Waals surface area contributed by atoms with Crippen LogP contribution in [-0.4, -0.2) is 26.4 Å². The minimum Gasteiger partial charge on any atom is -0.461 e. The molecule has 0 unspecified atom stereocenters. The fourth-order valence-corrected chi connectivity index (χ4v) is 3.40. The van der Waals surface area contributed by atoms with Crippen LogP contribution in [0.2, 0.25) is 5.02 Å². The van der Waals surface area contributed by atoms with E-state index in [2.05, 4.69) is 29.4 Å². The molecular weight excluding hydrogens is 384 g/mol. The number of carbonyl (C=O) groups is 1. The first kappa shape index (κ1) is 19.5. The predicted molar refractivity (Wildman–Crippen MR) is 107 cm³/mol. The lowest BCUT2D eigenvalue weighted by Crippen LogP contribution is -2.24. The molecule has 0 aliphatic carbocycles. The quantitative estimate of drug-likeness (QED) is 0.568. The maximum absolute atomic E-state index is 12.2. The molecule has 1 amide bonds. The van der Waals surface area contributed by atoms with Crippen molar-refractivity contribution in [3.8, 4) is 11.6 Å². The topological polar surface area (TPSA) is 73.0 Å². The van der Waals surface area contributed by atoms with Gasteiger partial charge >= 0.3 is 0 Å². The number of benzene rings is 1. The molecule has 0 radical (unpaired) electrons. The van der Waals surface area contributed by atoms with Crippen LogP contribution >= 0.6 is 23.4 Å². The molecule has 0 aliphatic heterocycles. The van der Waals surface area contributed by atoms with E-state index in [0.29, 0.717) is 34.2 Å². The standard InChI is InChI=1S/C19H21ClN4O2S/c1-13(2)11-24-18(16-4-3-9-26-16)22-23-19(24)27-12-17(25)21-10-14-5-7-15(20)8-6-14/h3-9,13H,10-12H2,1-2H3,(H,21,25). The summed E-state index contributed by atoms with van der Waals surface area (Å²) in [7, 11) is 0. The van der Waals surface area contributed by atoms with Gasteiger partial charge in [0.25, 0.3) is 0 Å². The van der Waals surface area contributed by atoms with E-state index >= 15 is 0 Å². The lowest BCUT2D eigenvalue weighted by Gasteiger charge is -2.11. The first-order valence-electron chi connectivity index (χ1n) is 8.64. The third kappa shape index (κ3) is 5.37. The monoisotopic (exact) mass is 404 g/mol. The van der Waals surface area contributed by atoms with Crippen LogP contribution < -0.4 is 5.32 Å². The Balaban J connectivity index is 1.61. The summed E-state index contributed by atoms with van der Waals surface area (Å²) < 4.78 is 7.46. The Morgan fingerprint density at radius 3 is 2.70 bits per heavy atom. The highest BCUT2D eigenvalue weighted by Gasteiger charge is 2.18. The lowest BCUT2D eigenvalue weighted by molar-refractivity contribution is -0.118. The van der Waals surface area contributed by atoms with Crippen molar-refractivity contribution in [1.82, 2.24) is 20.1 Å². The molecule has 1 aromatic carbocycles. The summed E-state index contributed by atoms with van der Waals surface area (Å²) in [6.45, 7) is 5.46. The number of nitrogens with one attached hydrogen (secondary N) is 1. The molecule has 0 fully saturated rings. The van der Waals surface area contributed by atoms with Gasteiger partial charge in [0.2, 0.25) is 5.91 Å². The van der Waals surface area contributed by atoms with Crippen molar-refractivity contribution >= 4 is 29.3 Å². The van der Waals surface area contributed by atoms with Crippen LogP contribution in [0.15, 0.2) is 52.2 Å². The van der Waals surface area contributed by atoms with Gasteiger partial charge in [-0.05, 0) is 35.7 Å². The van der Waals surface area contributed by atoms with E-state index in [4.69, 9.17) is 16.0 Å². The van der Waals surface area contributed by atoms with Gasteiger partial charge in [0.05, 0.1) is 12.0 Å². The van der Waals surface area contributed by atoms with Crippen LogP contribution in [0.1, 0.15) is 19.4 Å². The van der Waals surface area contributed by atoms with Crippen molar-refractivity contribution in [3.63, 3.8) is 0 Å². The Labute approximate surface area is 167 Å². The van der Waals surface area contributed by atoms with Crippen molar-refractivity contribution < 1.29 is 9.21 Å². The number of aromatic nitrogens is 3. The number of nitrogens with zero attached hydrogens (tertiary/aromatic N) is 3. The minimum absolute atomic E-state index is 0.0615. The van der Waals surface area contributed by atoms with E-state index in [1.807, 2.05) is 41.0 Å². The van der Waals surface area contributed by atoms with Gasteiger partial charge in [0, 0.05) is 18.1 Å².